The number of carbonyl (C=O) groups is 5. The first-order valence-corrected chi connectivity index (χ1v) is 5.29. The minimum atomic E-state index is -1.83. The van der Waals surface area contributed by atoms with E-state index in [9.17, 15) is 29.6 Å². The van der Waals surface area contributed by atoms with Gasteiger partial charge in [0.1, 0.15) is 0 Å². The van der Waals surface area contributed by atoms with E-state index in [-0.39, 0.29) is 25.7 Å². The molecule has 0 aromatic rings. The summed E-state index contributed by atoms with van der Waals surface area (Å²) >= 11 is 0. The van der Waals surface area contributed by atoms with E-state index < -0.39 is 39.9 Å². The number of rotatable bonds is 0. The summed E-state index contributed by atoms with van der Waals surface area (Å²) in [5.41, 5.74) is 0. The smallest absolute Gasteiger partial charge is 0.503 e. The molecular formula is C9H12N2O9. The molecular weight excluding hydrogens is 280 g/mol. The van der Waals surface area contributed by atoms with E-state index in [1.165, 1.54) is 0 Å². The van der Waals surface area contributed by atoms with Crippen LogP contribution in [0.2, 0.25) is 0 Å². The average Bonchev–Trinajstić information content (AvgIpc) is 2.80. The van der Waals surface area contributed by atoms with Gasteiger partial charge in [0.25, 0.3) is 0 Å². The molecule has 0 spiro atoms. The first-order chi connectivity index (χ1) is 9.16. The summed E-state index contributed by atoms with van der Waals surface area (Å²) in [6.45, 7) is 0. The maximum absolute atomic E-state index is 10.2. The number of quaternary nitrogens is 2. The largest absolute Gasteiger partial charge is 0.619 e. The summed E-state index contributed by atoms with van der Waals surface area (Å²) in [7, 11) is 0. The molecule has 2 rings (SSSR count). The highest BCUT2D eigenvalue weighted by Gasteiger charge is 2.28. The number of nitrogens with one attached hydrogen (secondary N) is 2. The van der Waals surface area contributed by atoms with Crippen molar-refractivity contribution < 1.29 is 44.3 Å². The predicted octanol–water partition coefficient (Wildman–Crippen LogP) is -3.35. The molecule has 2 fully saturated rings. The molecule has 20 heavy (non-hydrogen) atoms. The fraction of sp³-hybridized carbons (Fsp3) is 0.444. The Labute approximate surface area is 111 Å². The summed E-state index contributed by atoms with van der Waals surface area (Å²) in [5.74, 6) is -2.13. The summed E-state index contributed by atoms with van der Waals surface area (Å²) in [5, 5.41) is 32.7. The van der Waals surface area contributed by atoms with E-state index in [0.29, 0.717) is 0 Å². The molecule has 0 atom stereocenters. The van der Waals surface area contributed by atoms with Crippen molar-refractivity contribution in [3.8, 4) is 0 Å². The number of carbonyl (C=O) groups excluding carboxylic acids is 4. The van der Waals surface area contributed by atoms with Crippen LogP contribution >= 0.6 is 0 Å². The monoisotopic (exact) mass is 292 g/mol. The van der Waals surface area contributed by atoms with Crippen LogP contribution in [0.4, 0.5) is 4.79 Å². The lowest BCUT2D eigenvalue weighted by Crippen LogP contribution is -3.10. The standard InChI is InChI=1S/2C4H5NO3.CH2O3/c2*6-3-1-2-4(7)5(3)8;2-1(3)4/h2*5H,1-2H2;(H2,2,3,4). The van der Waals surface area contributed by atoms with Crippen LogP contribution in [0.1, 0.15) is 25.7 Å². The van der Waals surface area contributed by atoms with Crippen LogP contribution in [0.15, 0.2) is 0 Å². The van der Waals surface area contributed by atoms with Crippen molar-refractivity contribution in [2.75, 3.05) is 0 Å². The van der Waals surface area contributed by atoms with Crippen molar-refractivity contribution in [2.24, 2.45) is 0 Å². The van der Waals surface area contributed by atoms with E-state index in [1.54, 1.807) is 0 Å². The van der Waals surface area contributed by atoms with Gasteiger partial charge in [0.15, 0.2) is 0 Å². The third-order valence-electron chi connectivity index (χ3n) is 2.17. The Morgan fingerprint density at radius 2 is 0.900 bits per heavy atom. The Kier molecular flexibility index (Phi) is 7.17. The highest BCUT2D eigenvalue weighted by molar-refractivity contribution is 5.89. The van der Waals surface area contributed by atoms with E-state index >= 15 is 0 Å². The van der Waals surface area contributed by atoms with Gasteiger partial charge in [-0.1, -0.05) is 0 Å². The van der Waals surface area contributed by atoms with Crippen LogP contribution in [0.25, 0.3) is 0 Å². The predicted molar refractivity (Wildman–Crippen MR) is 57.8 cm³/mol. The molecule has 11 nitrogen and oxygen atoms in total. The molecule has 4 N–H and O–H groups in total. The summed E-state index contributed by atoms with van der Waals surface area (Å²) in [6.07, 6.45) is -1.34. The first-order valence-electron chi connectivity index (χ1n) is 5.29. The number of hydrogen-bond acceptors (Lipinski definition) is 7. The van der Waals surface area contributed by atoms with Crippen LogP contribution in [-0.2, 0) is 19.2 Å². The SMILES string of the molecule is O=C(O)O.O=C1CCC(=O)[NH+]1[O-].O=C1CCC(=O)[NH+]1[O-]. The molecule has 2 heterocycles. The molecule has 4 amide bonds. The molecule has 0 unspecified atom stereocenters. The minimum absolute atomic E-state index is 0.123. The topological polar surface area (TPSA) is 181 Å². The molecule has 2 aliphatic rings. The van der Waals surface area contributed by atoms with Crippen molar-refractivity contribution in [1.29, 1.82) is 0 Å². The second-order valence-electron chi connectivity index (χ2n) is 3.63. The van der Waals surface area contributed by atoms with Crippen molar-refractivity contribution in [3.05, 3.63) is 10.4 Å². The normalized spacial score (nSPS) is 19.3. The van der Waals surface area contributed by atoms with Gasteiger partial charge in [0, 0.05) is 0 Å². The molecule has 112 valence electrons. The lowest BCUT2D eigenvalue weighted by Gasteiger charge is -2.06. The zero-order chi connectivity index (χ0) is 15.9. The highest BCUT2D eigenvalue weighted by Crippen LogP contribution is 1.91. The zero-order valence-electron chi connectivity index (χ0n) is 10.1. The Balaban J connectivity index is 0.000000289. The number of imide groups is 2. The third kappa shape index (κ3) is 6.10. The zero-order valence-corrected chi connectivity index (χ0v) is 10.1. The average molecular weight is 292 g/mol. The fourth-order valence-electron chi connectivity index (χ4n) is 1.22. The van der Waals surface area contributed by atoms with Gasteiger partial charge < -0.3 is 20.6 Å². The van der Waals surface area contributed by atoms with Crippen LogP contribution in [-0.4, -0.2) is 40.0 Å². The van der Waals surface area contributed by atoms with Gasteiger partial charge in [-0.2, -0.15) is 0 Å². The molecule has 11 heteroatoms. The van der Waals surface area contributed by atoms with E-state index in [0.717, 1.165) is 0 Å². The van der Waals surface area contributed by atoms with Crippen molar-refractivity contribution >= 4 is 29.8 Å². The number of carboxylic acid groups (broad SMARTS) is 2. The summed E-state index contributed by atoms with van der Waals surface area (Å²) in [4.78, 5) is 49.4. The molecule has 0 saturated carbocycles. The van der Waals surface area contributed by atoms with Gasteiger partial charge in [-0.05, 0) is 0 Å². The second kappa shape index (κ2) is 8.06. The Morgan fingerprint density at radius 1 is 0.750 bits per heavy atom. The minimum Gasteiger partial charge on any atom is -0.619 e. The molecule has 0 bridgehead atoms. The van der Waals surface area contributed by atoms with Crippen molar-refractivity contribution in [2.45, 2.75) is 25.7 Å². The van der Waals surface area contributed by atoms with E-state index in [4.69, 9.17) is 15.0 Å². The molecule has 0 aliphatic carbocycles. The van der Waals surface area contributed by atoms with Crippen molar-refractivity contribution in [3.63, 3.8) is 0 Å². The number of hydrogen-bond donors (Lipinski definition) is 4. The maximum atomic E-state index is 10.2. The number of amides is 4. The molecule has 0 radical (unpaired) electrons. The number of hydroxylamine groups is 4. The van der Waals surface area contributed by atoms with Crippen LogP contribution in [0.3, 0.4) is 0 Å². The van der Waals surface area contributed by atoms with Gasteiger partial charge in [-0.25, -0.2) is 34.1 Å². The van der Waals surface area contributed by atoms with Gasteiger partial charge in [-0.15, -0.1) is 0 Å². The summed E-state index contributed by atoms with van der Waals surface area (Å²) in [6, 6.07) is 0. The lowest BCUT2D eigenvalue weighted by molar-refractivity contribution is -0.673. The van der Waals surface area contributed by atoms with Gasteiger partial charge in [-0.3, -0.25) is 0 Å². The van der Waals surface area contributed by atoms with Crippen LogP contribution in [0.5, 0.6) is 0 Å². The molecule has 0 aromatic heterocycles. The lowest BCUT2D eigenvalue weighted by atomic mass is 10.4. The first kappa shape index (κ1) is 17.8. The van der Waals surface area contributed by atoms with Crippen LogP contribution < -0.4 is 10.1 Å². The molecule has 2 aliphatic heterocycles. The Hall–Kier alpha value is -2.21. The van der Waals surface area contributed by atoms with Crippen LogP contribution in [0, 0.1) is 10.4 Å². The quantitative estimate of drug-likeness (QED) is 0.262. The second-order valence-corrected chi connectivity index (χ2v) is 3.63. The van der Waals surface area contributed by atoms with E-state index in [1.807, 2.05) is 0 Å². The fourth-order valence-corrected chi connectivity index (χ4v) is 1.22. The van der Waals surface area contributed by atoms with Gasteiger partial charge in [0.05, 0.1) is 25.7 Å². The summed E-state index contributed by atoms with van der Waals surface area (Å²) < 4.78 is 0. The van der Waals surface area contributed by atoms with Crippen molar-refractivity contribution in [1.82, 2.24) is 0 Å². The highest BCUT2D eigenvalue weighted by atomic mass is 16.6. The Bertz CT molecular complexity index is 363. The molecule has 2 saturated heterocycles. The van der Waals surface area contributed by atoms with E-state index in [2.05, 4.69) is 0 Å². The Morgan fingerprint density at radius 3 is 0.950 bits per heavy atom. The van der Waals surface area contributed by atoms with Gasteiger partial charge in [0.2, 0.25) is 0 Å². The van der Waals surface area contributed by atoms with Gasteiger partial charge >= 0.3 is 29.8 Å². The maximum Gasteiger partial charge on any atom is 0.503 e. The third-order valence-corrected chi connectivity index (χ3v) is 2.17. The molecule has 0 aromatic carbocycles.